The van der Waals surface area contributed by atoms with E-state index in [9.17, 15) is 19.5 Å². The fourth-order valence-electron chi connectivity index (χ4n) is 4.79. The highest BCUT2D eigenvalue weighted by Crippen LogP contribution is 2.31. The Balaban J connectivity index is 0.000000284. The summed E-state index contributed by atoms with van der Waals surface area (Å²) in [6, 6.07) is 13.1. The van der Waals surface area contributed by atoms with Gasteiger partial charge in [-0.25, -0.2) is 0 Å². The van der Waals surface area contributed by atoms with Crippen LogP contribution in [0.2, 0.25) is 0 Å². The molecular weight excluding hydrogens is 480 g/mol. The number of likely N-dealkylation sites (N-methyl/N-ethyl adjacent to an activating group) is 1. The van der Waals surface area contributed by atoms with Crippen LogP contribution >= 0.6 is 0 Å². The van der Waals surface area contributed by atoms with Crippen LogP contribution < -0.4 is 16.0 Å². The first kappa shape index (κ1) is 29.2. The number of nitrogens with one attached hydrogen (secondary N) is 3. The number of carbonyl (C=O) groups is 3. The van der Waals surface area contributed by atoms with Crippen molar-refractivity contribution in [2.24, 2.45) is 5.41 Å². The minimum atomic E-state index is -0.515. The molecular formula is C30H42N4O4. The van der Waals surface area contributed by atoms with Gasteiger partial charge in [-0.1, -0.05) is 51.1 Å². The van der Waals surface area contributed by atoms with E-state index in [1.807, 2.05) is 25.1 Å². The van der Waals surface area contributed by atoms with Crippen molar-refractivity contribution in [1.29, 1.82) is 0 Å². The molecule has 1 aliphatic heterocycles. The Labute approximate surface area is 226 Å². The highest BCUT2D eigenvalue weighted by Gasteiger charge is 2.33. The summed E-state index contributed by atoms with van der Waals surface area (Å²) in [6.45, 7) is 9.08. The Bertz CT molecular complexity index is 1130. The van der Waals surface area contributed by atoms with Crippen molar-refractivity contribution in [3.63, 3.8) is 0 Å². The molecule has 2 aliphatic rings. The van der Waals surface area contributed by atoms with Gasteiger partial charge in [-0.2, -0.15) is 0 Å². The maximum absolute atomic E-state index is 13.0. The van der Waals surface area contributed by atoms with E-state index in [-0.39, 0.29) is 35.1 Å². The van der Waals surface area contributed by atoms with Gasteiger partial charge in [-0.3, -0.25) is 14.4 Å². The minimum absolute atomic E-state index is 0.00201. The number of phenols is 1. The largest absolute Gasteiger partial charge is 0.508 e. The van der Waals surface area contributed by atoms with E-state index in [4.69, 9.17) is 0 Å². The smallest absolute Gasteiger partial charge is 0.243 e. The molecule has 206 valence electrons. The zero-order valence-electron chi connectivity index (χ0n) is 23.2. The molecule has 2 aromatic rings. The van der Waals surface area contributed by atoms with Crippen LogP contribution in [-0.4, -0.2) is 53.9 Å². The molecule has 1 heterocycles. The SMILES string of the molecule is CNCC(=O)NC(C)C(C)(C)C.O=CN1Cc2cc(O)ccc2CC1C(=O)NC1CCCc2ccccc21. The second kappa shape index (κ2) is 12.9. The number of aromatic hydroxyl groups is 1. The fourth-order valence-corrected chi connectivity index (χ4v) is 4.79. The number of nitrogens with zero attached hydrogens (tertiary/aromatic N) is 1. The van der Waals surface area contributed by atoms with Crippen molar-refractivity contribution >= 4 is 18.2 Å². The van der Waals surface area contributed by atoms with Gasteiger partial charge < -0.3 is 26.0 Å². The quantitative estimate of drug-likeness (QED) is 0.436. The topological polar surface area (TPSA) is 111 Å². The number of hydrogen-bond donors (Lipinski definition) is 4. The molecule has 3 atom stereocenters. The van der Waals surface area contributed by atoms with Crippen molar-refractivity contribution in [3.05, 3.63) is 64.7 Å². The second-order valence-electron chi connectivity index (χ2n) is 11.3. The Kier molecular flexibility index (Phi) is 9.91. The molecule has 4 rings (SSSR count). The summed E-state index contributed by atoms with van der Waals surface area (Å²) in [6.07, 6.45) is 4.21. The highest BCUT2D eigenvalue weighted by atomic mass is 16.3. The van der Waals surface area contributed by atoms with Crippen molar-refractivity contribution in [2.45, 2.75) is 78.0 Å². The molecule has 0 saturated heterocycles. The van der Waals surface area contributed by atoms with E-state index in [1.54, 1.807) is 19.2 Å². The van der Waals surface area contributed by atoms with E-state index in [0.29, 0.717) is 19.5 Å². The first-order valence-electron chi connectivity index (χ1n) is 13.4. The molecule has 0 fully saturated rings. The summed E-state index contributed by atoms with van der Waals surface area (Å²) in [5.41, 5.74) is 4.50. The van der Waals surface area contributed by atoms with Crippen LogP contribution in [0.3, 0.4) is 0 Å². The maximum Gasteiger partial charge on any atom is 0.243 e. The molecule has 0 saturated carbocycles. The summed E-state index contributed by atoms with van der Waals surface area (Å²) in [7, 11) is 1.77. The van der Waals surface area contributed by atoms with Gasteiger partial charge in [-0.15, -0.1) is 0 Å². The summed E-state index contributed by atoms with van der Waals surface area (Å²) < 4.78 is 0. The Morgan fingerprint density at radius 3 is 2.55 bits per heavy atom. The van der Waals surface area contributed by atoms with Gasteiger partial charge in [0, 0.05) is 19.0 Å². The zero-order chi connectivity index (χ0) is 27.9. The molecule has 38 heavy (non-hydrogen) atoms. The van der Waals surface area contributed by atoms with Crippen LogP contribution in [0.25, 0.3) is 0 Å². The van der Waals surface area contributed by atoms with Crippen LogP contribution in [0.4, 0.5) is 0 Å². The average molecular weight is 523 g/mol. The number of rotatable bonds is 6. The minimum Gasteiger partial charge on any atom is -0.508 e. The average Bonchev–Trinajstić information content (AvgIpc) is 2.88. The molecule has 2 aromatic carbocycles. The Morgan fingerprint density at radius 1 is 1.13 bits per heavy atom. The van der Waals surface area contributed by atoms with Crippen molar-refractivity contribution in [3.8, 4) is 5.75 Å². The van der Waals surface area contributed by atoms with Gasteiger partial charge >= 0.3 is 0 Å². The molecule has 3 amide bonds. The van der Waals surface area contributed by atoms with Crippen LogP contribution in [-0.2, 0) is 33.8 Å². The third kappa shape index (κ3) is 7.57. The summed E-state index contributed by atoms with van der Waals surface area (Å²) in [5, 5.41) is 18.5. The zero-order valence-corrected chi connectivity index (χ0v) is 23.2. The number of fused-ring (bicyclic) bond motifs is 2. The van der Waals surface area contributed by atoms with Gasteiger partial charge in [0.1, 0.15) is 11.8 Å². The van der Waals surface area contributed by atoms with E-state index in [2.05, 4.69) is 48.9 Å². The number of aryl methyl sites for hydroxylation is 1. The molecule has 0 spiro atoms. The predicted molar refractivity (Wildman–Crippen MR) is 148 cm³/mol. The van der Waals surface area contributed by atoms with Gasteiger partial charge in [0.15, 0.2) is 0 Å². The molecule has 3 unspecified atom stereocenters. The lowest BCUT2D eigenvalue weighted by Crippen LogP contribution is -2.50. The standard InChI is InChI=1S/C21H22N2O3.C9H20N2O/c24-13-23-12-16-10-17(25)9-8-15(16)11-20(23)21(26)22-19-7-3-5-14-4-1-2-6-18(14)19;1-7(9(2,3)4)11-8(12)6-10-5/h1-2,4,6,8-10,13,19-20,25H,3,5,7,11-12H2,(H,22,26);7,10H,6H2,1-5H3,(H,11,12). The van der Waals surface area contributed by atoms with Gasteiger partial charge in [0.2, 0.25) is 18.2 Å². The lowest BCUT2D eigenvalue weighted by atomic mass is 9.87. The lowest BCUT2D eigenvalue weighted by Gasteiger charge is -2.35. The fraction of sp³-hybridized carbons (Fsp3) is 0.500. The van der Waals surface area contributed by atoms with E-state index < -0.39 is 6.04 Å². The molecule has 0 aromatic heterocycles. The van der Waals surface area contributed by atoms with Crippen molar-refractivity contribution in [1.82, 2.24) is 20.9 Å². The number of amides is 3. The number of phenolic OH excluding ortho intramolecular Hbond substituents is 1. The number of benzene rings is 2. The monoisotopic (exact) mass is 522 g/mol. The van der Waals surface area contributed by atoms with Crippen LogP contribution in [0, 0.1) is 5.41 Å². The van der Waals surface area contributed by atoms with E-state index in [0.717, 1.165) is 36.8 Å². The first-order chi connectivity index (χ1) is 18.0. The van der Waals surface area contributed by atoms with Crippen LogP contribution in [0.1, 0.15) is 68.8 Å². The van der Waals surface area contributed by atoms with Gasteiger partial charge in [-0.05, 0) is 73.0 Å². The Morgan fingerprint density at radius 2 is 1.87 bits per heavy atom. The molecule has 1 aliphatic carbocycles. The number of hydrogen-bond acceptors (Lipinski definition) is 5. The maximum atomic E-state index is 13.0. The third-order valence-corrected chi connectivity index (χ3v) is 7.49. The van der Waals surface area contributed by atoms with Gasteiger partial charge in [0.25, 0.3) is 0 Å². The number of carbonyl (C=O) groups excluding carboxylic acids is 3. The second-order valence-corrected chi connectivity index (χ2v) is 11.3. The molecule has 8 heteroatoms. The molecule has 4 N–H and O–H groups in total. The summed E-state index contributed by atoms with van der Waals surface area (Å²) in [5.74, 6) is 0.119. The molecule has 8 nitrogen and oxygen atoms in total. The summed E-state index contributed by atoms with van der Waals surface area (Å²) in [4.78, 5) is 37.2. The summed E-state index contributed by atoms with van der Waals surface area (Å²) >= 11 is 0. The van der Waals surface area contributed by atoms with Crippen molar-refractivity contribution < 1.29 is 19.5 Å². The first-order valence-corrected chi connectivity index (χ1v) is 13.4. The van der Waals surface area contributed by atoms with Crippen molar-refractivity contribution in [2.75, 3.05) is 13.6 Å². The molecule has 0 radical (unpaired) electrons. The lowest BCUT2D eigenvalue weighted by molar-refractivity contribution is -0.134. The van der Waals surface area contributed by atoms with E-state index >= 15 is 0 Å². The molecule has 0 bridgehead atoms. The predicted octanol–water partition coefficient (Wildman–Crippen LogP) is 3.23. The highest BCUT2D eigenvalue weighted by molar-refractivity contribution is 5.85. The normalized spacial score (nSPS) is 19.1. The van der Waals surface area contributed by atoms with Crippen LogP contribution in [0.5, 0.6) is 5.75 Å². The van der Waals surface area contributed by atoms with Gasteiger partial charge in [0.05, 0.1) is 12.6 Å². The Hall–Kier alpha value is -3.39. The van der Waals surface area contributed by atoms with Crippen LogP contribution in [0.15, 0.2) is 42.5 Å². The van der Waals surface area contributed by atoms with E-state index in [1.165, 1.54) is 16.0 Å². The third-order valence-electron chi connectivity index (χ3n) is 7.49.